The van der Waals surface area contributed by atoms with Gasteiger partial charge in [-0.25, -0.2) is 4.98 Å². The fourth-order valence-electron chi connectivity index (χ4n) is 3.54. The van der Waals surface area contributed by atoms with Gasteiger partial charge in [0.2, 0.25) is 0 Å². The maximum Gasteiger partial charge on any atom is 0.417 e. The van der Waals surface area contributed by atoms with E-state index in [0.29, 0.717) is 26.1 Å². The maximum absolute atomic E-state index is 13.1. The molecule has 0 spiro atoms. The van der Waals surface area contributed by atoms with Crippen molar-refractivity contribution in [3.8, 4) is 6.07 Å². The van der Waals surface area contributed by atoms with Gasteiger partial charge in [-0.15, -0.1) is 0 Å². The minimum Gasteiger partial charge on any atom is -0.466 e. The Morgan fingerprint density at radius 1 is 1.48 bits per heavy atom. The van der Waals surface area contributed by atoms with Crippen molar-refractivity contribution in [3.63, 3.8) is 0 Å². The molecule has 1 aromatic rings. The summed E-state index contributed by atoms with van der Waals surface area (Å²) < 4.78 is 44.3. The topological polar surface area (TPSA) is 66.2 Å². The van der Waals surface area contributed by atoms with Crippen molar-refractivity contribution in [2.45, 2.75) is 19.5 Å². The molecule has 0 bridgehead atoms. The van der Waals surface area contributed by atoms with Gasteiger partial charge in [0.1, 0.15) is 22.6 Å². The highest BCUT2D eigenvalue weighted by Gasteiger charge is 2.56. The predicted octanol–water partition coefficient (Wildman–Crippen LogP) is 3.26. The van der Waals surface area contributed by atoms with Gasteiger partial charge in [-0.05, 0) is 30.7 Å². The normalized spacial score (nSPS) is 24.6. The Kier molecular flexibility index (Phi) is 4.54. The molecule has 134 valence electrons. The highest BCUT2D eigenvalue weighted by Crippen LogP contribution is 2.54. The summed E-state index contributed by atoms with van der Waals surface area (Å²) in [6.07, 6.45) is -4.34. The van der Waals surface area contributed by atoms with Gasteiger partial charge in [-0.2, -0.15) is 18.4 Å². The first-order valence-electron chi connectivity index (χ1n) is 7.84. The van der Waals surface area contributed by atoms with E-state index in [0.717, 1.165) is 6.07 Å². The predicted molar refractivity (Wildman–Crippen MR) is 82.9 cm³/mol. The summed E-state index contributed by atoms with van der Waals surface area (Å²) in [5.41, 5.74) is -1.74. The monoisotopic (exact) mass is 373 g/mol. The lowest BCUT2D eigenvalue weighted by atomic mass is 10.1. The molecule has 1 saturated heterocycles. The Hall–Kier alpha value is -2.01. The number of anilines is 1. The van der Waals surface area contributed by atoms with Crippen molar-refractivity contribution in [1.29, 1.82) is 5.26 Å². The number of esters is 1. The van der Waals surface area contributed by atoms with Gasteiger partial charge in [-0.1, -0.05) is 11.6 Å². The molecule has 1 aliphatic heterocycles. The van der Waals surface area contributed by atoms with Crippen LogP contribution in [0.2, 0.25) is 5.15 Å². The van der Waals surface area contributed by atoms with Gasteiger partial charge in [0.15, 0.2) is 0 Å². The number of pyridine rings is 1. The second-order valence-electron chi connectivity index (χ2n) is 6.21. The lowest BCUT2D eigenvalue weighted by molar-refractivity contribution is -0.143. The molecule has 3 rings (SSSR count). The third kappa shape index (κ3) is 3.38. The number of halogens is 4. The molecule has 0 aromatic carbocycles. The molecule has 2 fully saturated rings. The number of piperidine rings is 1. The van der Waals surface area contributed by atoms with E-state index in [1.807, 2.05) is 0 Å². The zero-order valence-corrected chi connectivity index (χ0v) is 14.1. The van der Waals surface area contributed by atoms with Crippen molar-refractivity contribution >= 4 is 23.4 Å². The molecule has 2 heterocycles. The van der Waals surface area contributed by atoms with Crippen LogP contribution in [0.25, 0.3) is 0 Å². The molecule has 2 unspecified atom stereocenters. The summed E-state index contributed by atoms with van der Waals surface area (Å²) in [6, 6.07) is 2.33. The summed E-state index contributed by atoms with van der Waals surface area (Å²) in [5, 5.41) is 8.45. The molecule has 1 aromatic heterocycles. The first-order valence-corrected chi connectivity index (χ1v) is 8.22. The Morgan fingerprint density at radius 2 is 2.12 bits per heavy atom. The summed E-state index contributed by atoms with van der Waals surface area (Å²) in [6.45, 7) is 3.11. The van der Waals surface area contributed by atoms with Gasteiger partial charge >= 0.3 is 12.1 Å². The number of carbonyl (C=O) groups excluding carboxylic acids is 1. The van der Waals surface area contributed by atoms with Crippen molar-refractivity contribution in [3.05, 3.63) is 22.3 Å². The molecule has 0 radical (unpaired) electrons. The molecule has 5 nitrogen and oxygen atoms in total. The third-order valence-electron chi connectivity index (χ3n) is 4.78. The quantitative estimate of drug-likeness (QED) is 0.598. The number of rotatable bonds is 4. The van der Waals surface area contributed by atoms with Crippen molar-refractivity contribution in [2.75, 3.05) is 24.6 Å². The Balaban J connectivity index is 1.73. The zero-order valence-electron chi connectivity index (χ0n) is 13.3. The lowest BCUT2D eigenvalue weighted by Gasteiger charge is -2.22. The summed E-state index contributed by atoms with van der Waals surface area (Å²) in [5.74, 6) is 0.571. The van der Waals surface area contributed by atoms with Gasteiger partial charge in [0, 0.05) is 19.5 Å². The van der Waals surface area contributed by atoms with Crippen molar-refractivity contribution in [2.24, 2.45) is 17.8 Å². The first-order chi connectivity index (χ1) is 11.8. The molecule has 0 N–H and O–H groups in total. The SMILES string of the molecule is CCOC(=O)CC1C2CN(c3cc(C(F)(F)F)c(C#N)c(Cl)n3)CC12. The number of ether oxygens (including phenoxy) is 1. The zero-order chi connectivity index (χ0) is 18.4. The summed E-state index contributed by atoms with van der Waals surface area (Å²) in [7, 11) is 0. The molecule has 1 aliphatic carbocycles. The van der Waals surface area contributed by atoms with Crippen LogP contribution in [-0.2, 0) is 15.7 Å². The van der Waals surface area contributed by atoms with Gasteiger partial charge in [0.05, 0.1) is 12.2 Å². The van der Waals surface area contributed by atoms with Crippen LogP contribution in [0.15, 0.2) is 6.07 Å². The van der Waals surface area contributed by atoms with Gasteiger partial charge in [-0.3, -0.25) is 4.79 Å². The van der Waals surface area contributed by atoms with Crippen LogP contribution in [0.3, 0.4) is 0 Å². The van der Waals surface area contributed by atoms with Crippen LogP contribution in [-0.4, -0.2) is 30.6 Å². The molecule has 0 amide bonds. The van der Waals surface area contributed by atoms with E-state index in [9.17, 15) is 18.0 Å². The number of aromatic nitrogens is 1. The second-order valence-corrected chi connectivity index (χ2v) is 6.57. The number of nitrogens with zero attached hydrogens (tertiary/aromatic N) is 3. The van der Waals surface area contributed by atoms with Crippen molar-refractivity contribution in [1.82, 2.24) is 4.98 Å². The van der Waals surface area contributed by atoms with E-state index in [1.54, 1.807) is 11.8 Å². The minimum atomic E-state index is -4.68. The standard InChI is InChI=1S/C16H15ClF3N3O2/c1-2-25-14(24)3-8-10-6-23(7-11(8)10)13-4-12(16(18,19)20)9(5-21)15(17)22-13/h4,8,10-11H,2-3,6-7H2,1H3. The second kappa shape index (κ2) is 6.37. The molecule has 2 atom stereocenters. The van der Waals surface area contributed by atoms with Crippen LogP contribution >= 0.6 is 11.6 Å². The molecule has 1 saturated carbocycles. The third-order valence-corrected chi connectivity index (χ3v) is 5.06. The Bertz CT molecular complexity index is 735. The molecular weight excluding hydrogens is 359 g/mol. The van der Waals surface area contributed by atoms with Crippen LogP contribution in [0.5, 0.6) is 0 Å². The fraction of sp³-hybridized carbons (Fsp3) is 0.562. The van der Waals surface area contributed by atoms with Crippen LogP contribution in [0, 0.1) is 29.1 Å². The van der Waals surface area contributed by atoms with Crippen LogP contribution in [0.4, 0.5) is 19.0 Å². The Labute approximate surface area is 147 Å². The number of fused-ring (bicyclic) bond motifs is 1. The average Bonchev–Trinajstić information content (AvgIpc) is 2.96. The summed E-state index contributed by atoms with van der Waals surface area (Å²) >= 11 is 5.78. The number of alkyl halides is 3. The van der Waals surface area contributed by atoms with E-state index in [4.69, 9.17) is 21.6 Å². The average molecular weight is 374 g/mol. The maximum atomic E-state index is 13.1. The van der Waals surface area contributed by atoms with E-state index in [-0.39, 0.29) is 29.5 Å². The van der Waals surface area contributed by atoms with E-state index in [2.05, 4.69) is 4.98 Å². The number of hydrogen-bond acceptors (Lipinski definition) is 5. The molecule has 2 aliphatic rings. The van der Waals surface area contributed by atoms with E-state index in [1.165, 1.54) is 6.07 Å². The summed E-state index contributed by atoms with van der Waals surface area (Å²) in [4.78, 5) is 17.2. The van der Waals surface area contributed by atoms with Gasteiger partial charge in [0.25, 0.3) is 0 Å². The Morgan fingerprint density at radius 3 is 2.64 bits per heavy atom. The van der Waals surface area contributed by atoms with E-state index >= 15 is 0 Å². The van der Waals surface area contributed by atoms with Crippen LogP contribution < -0.4 is 4.90 Å². The highest BCUT2D eigenvalue weighted by molar-refractivity contribution is 6.30. The molecule has 9 heteroatoms. The van der Waals surface area contributed by atoms with Crippen molar-refractivity contribution < 1.29 is 22.7 Å². The molecule has 25 heavy (non-hydrogen) atoms. The number of nitriles is 1. The lowest BCUT2D eigenvalue weighted by Crippen LogP contribution is -2.26. The van der Waals surface area contributed by atoms with Crippen LogP contribution in [0.1, 0.15) is 24.5 Å². The molecular formula is C16H15ClF3N3O2. The minimum absolute atomic E-state index is 0.110. The van der Waals surface area contributed by atoms with Gasteiger partial charge < -0.3 is 9.64 Å². The number of hydrogen-bond donors (Lipinski definition) is 0. The largest absolute Gasteiger partial charge is 0.466 e. The fourth-order valence-corrected chi connectivity index (χ4v) is 3.78. The smallest absolute Gasteiger partial charge is 0.417 e. The highest BCUT2D eigenvalue weighted by atomic mass is 35.5. The first kappa shape index (κ1) is 17.8. The van der Waals surface area contributed by atoms with E-state index < -0.39 is 22.5 Å². The number of carbonyl (C=O) groups is 1.